The van der Waals surface area contributed by atoms with E-state index in [2.05, 4.69) is 158 Å². The summed E-state index contributed by atoms with van der Waals surface area (Å²) in [5, 5.41) is 2.52. The van der Waals surface area contributed by atoms with E-state index in [-0.39, 0.29) is 0 Å². The zero-order valence-electron chi connectivity index (χ0n) is 33.0. The van der Waals surface area contributed by atoms with Crippen molar-refractivity contribution in [2.75, 3.05) is 0 Å². The molecule has 0 aliphatic carbocycles. The maximum Gasteiger partial charge on any atom is 0.160 e. The van der Waals surface area contributed by atoms with Crippen LogP contribution >= 0.6 is 11.3 Å². The van der Waals surface area contributed by atoms with Crippen molar-refractivity contribution in [3.63, 3.8) is 0 Å². The highest BCUT2D eigenvalue weighted by Crippen LogP contribution is 2.43. The van der Waals surface area contributed by atoms with Gasteiger partial charge in [0.15, 0.2) is 11.6 Å². The Morgan fingerprint density at radius 1 is 0.246 bits per heavy atom. The number of thiophene rings is 1. The van der Waals surface area contributed by atoms with Crippen LogP contribution in [0.2, 0.25) is 0 Å². The second-order valence-electron chi connectivity index (χ2n) is 15.0. The second kappa shape index (κ2) is 15.7. The molecule has 0 atom stereocenters. The molecule has 0 unspecified atom stereocenters. The minimum absolute atomic E-state index is 0.688. The predicted molar refractivity (Wildman–Crippen MR) is 254 cm³/mol. The van der Waals surface area contributed by atoms with Crippen LogP contribution in [-0.2, 0) is 0 Å². The average Bonchev–Trinajstić information content (AvgIpc) is 3.72. The van der Waals surface area contributed by atoms with Crippen LogP contribution in [0, 0.1) is 0 Å². The lowest BCUT2D eigenvalue weighted by atomic mass is 9.91. The van der Waals surface area contributed by atoms with E-state index < -0.39 is 0 Å². The number of hydrogen-bond donors (Lipinski definition) is 0. The standard InChI is InChI=1S/C56H36N4S/c1-5-16-38(17-6-1)49-35-50(39-18-7-2-8-19-39)59-56(58-49)42-30-28-37(29-31-42)46-33-48-45-26-13-14-27-53(45)61-54(48)34-47(46)43-24-15-25-44(32-43)52-36-51(40-20-9-3-10-21-40)57-55(60-52)41-22-11-4-12-23-41/h1-36H. The van der Waals surface area contributed by atoms with E-state index in [1.165, 1.54) is 20.2 Å². The van der Waals surface area contributed by atoms with E-state index in [4.69, 9.17) is 19.9 Å². The number of nitrogens with zero attached hydrogens (tertiary/aromatic N) is 4. The molecule has 286 valence electrons. The monoisotopic (exact) mass is 796 g/mol. The lowest BCUT2D eigenvalue weighted by molar-refractivity contribution is 1.18. The molecule has 0 spiro atoms. The van der Waals surface area contributed by atoms with Crippen molar-refractivity contribution in [3.8, 4) is 90.1 Å². The van der Waals surface area contributed by atoms with E-state index >= 15 is 0 Å². The molecule has 3 aromatic heterocycles. The van der Waals surface area contributed by atoms with Gasteiger partial charge in [-0.25, -0.2) is 19.9 Å². The Hall–Kier alpha value is -7.86. The summed E-state index contributed by atoms with van der Waals surface area (Å²) >= 11 is 1.84. The molecule has 4 nitrogen and oxygen atoms in total. The fourth-order valence-electron chi connectivity index (χ4n) is 8.05. The summed E-state index contributed by atoms with van der Waals surface area (Å²) in [6, 6.07) is 76.3. The Kier molecular flexibility index (Phi) is 9.34. The minimum Gasteiger partial charge on any atom is -0.228 e. The molecule has 0 saturated carbocycles. The number of benzene rings is 8. The molecule has 61 heavy (non-hydrogen) atoms. The van der Waals surface area contributed by atoms with Gasteiger partial charge in [-0.15, -0.1) is 11.3 Å². The SMILES string of the molecule is c1ccc(-c2cc(-c3ccccc3)nc(-c3ccc(-c4cc5c(cc4-c4cccc(-c6cc(-c7ccccc7)nc(-c7ccccc7)n6)c4)sc4ccccc45)cc3)n2)cc1. The predicted octanol–water partition coefficient (Wildman–Crippen LogP) is 15.0. The summed E-state index contributed by atoms with van der Waals surface area (Å²) in [6.07, 6.45) is 0. The first-order valence-electron chi connectivity index (χ1n) is 20.4. The van der Waals surface area contributed by atoms with Crippen LogP contribution in [0.1, 0.15) is 0 Å². The first kappa shape index (κ1) is 36.2. The molecule has 0 amide bonds. The molecule has 11 aromatic rings. The highest BCUT2D eigenvalue weighted by molar-refractivity contribution is 7.25. The zero-order valence-corrected chi connectivity index (χ0v) is 33.8. The molecule has 11 rings (SSSR count). The highest BCUT2D eigenvalue weighted by Gasteiger charge is 2.17. The van der Waals surface area contributed by atoms with Gasteiger partial charge in [0.05, 0.1) is 22.8 Å². The molecule has 0 fully saturated rings. The Morgan fingerprint density at radius 2 is 0.656 bits per heavy atom. The zero-order chi connectivity index (χ0) is 40.5. The van der Waals surface area contributed by atoms with E-state index in [1.54, 1.807) is 0 Å². The maximum atomic E-state index is 5.16. The van der Waals surface area contributed by atoms with Gasteiger partial charge in [-0.3, -0.25) is 0 Å². The van der Waals surface area contributed by atoms with Gasteiger partial charge in [0, 0.05) is 53.6 Å². The van der Waals surface area contributed by atoms with Crippen molar-refractivity contribution >= 4 is 31.5 Å². The van der Waals surface area contributed by atoms with Crippen LogP contribution < -0.4 is 0 Å². The molecule has 8 aromatic carbocycles. The van der Waals surface area contributed by atoms with Crippen molar-refractivity contribution in [1.82, 2.24) is 19.9 Å². The Morgan fingerprint density at radius 3 is 1.21 bits per heavy atom. The van der Waals surface area contributed by atoms with Gasteiger partial charge in [-0.2, -0.15) is 0 Å². The topological polar surface area (TPSA) is 51.6 Å². The first-order valence-corrected chi connectivity index (χ1v) is 21.2. The molecule has 0 radical (unpaired) electrons. The summed E-state index contributed by atoms with van der Waals surface area (Å²) < 4.78 is 2.53. The van der Waals surface area contributed by atoms with Crippen molar-refractivity contribution in [3.05, 3.63) is 218 Å². The van der Waals surface area contributed by atoms with Crippen molar-refractivity contribution in [1.29, 1.82) is 0 Å². The second-order valence-corrected chi connectivity index (χ2v) is 16.1. The molecule has 3 heterocycles. The average molecular weight is 797 g/mol. The quantitative estimate of drug-likeness (QED) is 0.154. The molecule has 0 bridgehead atoms. The summed E-state index contributed by atoms with van der Waals surface area (Å²) in [6.45, 7) is 0. The van der Waals surface area contributed by atoms with Gasteiger partial charge in [-0.05, 0) is 58.7 Å². The lowest BCUT2D eigenvalue weighted by Crippen LogP contribution is -1.96. The van der Waals surface area contributed by atoms with E-state index in [1.807, 2.05) is 72.0 Å². The van der Waals surface area contributed by atoms with Gasteiger partial charge in [0.2, 0.25) is 0 Å². The number of fused-ring (bicyclic) bond motifs is 3. The molecule has 0 aliphatic heterocycles. The fourth-order valence-corrected chi connectivity index (χ4v) is 9.18. The fraction of sp³-hybridized carbons (Fsp3) is 0. The lowest BCUT2D eigenvalue weighted by Gasteiger charge is -2.14. The molecule has 0 N–H and O–H groups in total. The van der Waals surface area contributed by atoms with E-state index in [9.17, 15) is 0 Å². The van der Waals surface area contributed by atoms with Crippen LogP contribution in [0.3, 0.4) is 0 Å². The van der Waals surface area contributed by atoms with Gasteiger partial charge in [0.25, 0.3) is 0 Å². The van der Waals surface area contributed by atoms with Crippen LogP contribution in [0.4, 0.5) is 0 Å². The van der Waals surface area contributed by atoms with Gasteiger partial charge in [0.1, 0.15) is 0 Å². The molecule has 0 aliphatic rings. The Balaban J connectivity index is 1.04. The third-order valence-corrected chi connectivity index (χ3v) is 12.3. The van der Waals surface area contributed by atoms with Crippen molar-refractivity contribution in [2.45, 2.75) is 0 Å². The Labute approximate surface area is 358 Å². The number of aromatic nitrogens is 4. The third kappa shape index (κ3) is 7.18. The smallest absolute Gasteiger partial charge is 0.160 e. The van der Waals surface area contributed by atoms with E-state index in [0.29, 0.717) is 11.6 Å². The van der Waals surface area contributed by atoms with Gasteiger partial charge < -0.3 is 0 Å². The minimum atomic E-state index is 0.688. The molecule has 0 saturated heterocycles. The van der Waals surface area contributed by atoms with Crippen molar-refractivity contribution < 1.29 is 0 Å². The Bertz CT molecular complexity index is 3210. The van der Waals surface area contributed by atoms with Crippen LogP contribution in [0.5, 0.6) is 0 Å². The molecular weight excluding hydrogens is 761 g/mol. The summed E-state index contributed by atoms with van der Waals surface area (Å²) in [4.78, 5) is 20.4. The summed E-state index contributed by atoms with van der Waals surface area (Å²) in [7, 11) is 0. The summed E-state index contributed by atoms with van der Waals surface area (Å²) in [5.74, 6) is 1.39. The van der Waals surface area contributed by atoms with Gasteiger partial charge in [-0.1, -0.05) is 182 Å². The van der Waals surface area contributed by atoms with E-state index in [0.717, 1.165) is 78.4 Å². The molecular formula is C56H36N4S. The normalized spacial score (nSPS) is 11.3. The number of hydrogen-bond acceptors (Lipinski definition) is 5. The van der Waals surface area contributed by atoms with Crippen LogP contribution in [-0.4, -0.2) is 19.9 Å². The van der Waals surface area contributed by atoms with Crippen LogP contribution in [0.15, 0.2) is 218 Å². The van der Waals surface area contributed by atoms with Crippen LogP contribution in [0.25, 0.3) is 110 Å². The van der Waals surface area contributed by atoms with Gasteiger partial charge >= 0.3 is 0 Å². The maximum absolute atomic E-state index is 5.16. The van der Waals surface area contributed by atoms with Crippen molar-refractivity contribution in [2.24, 2.45) is 0 Å². The summed E-state index contributed by atoms with van der Waals surface area (Å²) in [5.41, 5.74) is 14.2. The number of rotatable bonds is 8. The highest BCUT2D eigenvalue weighted by atomic mass is 32.1. The largest absolute Gasteiger partial charge is 0.228 e. The first-order chi connectivity index (χ1) is 30.2. The third-order valence-electron chi connectivity index (χ3n) is 11.1. The molecule has 5 heteroatoms.